The Morgan fingerprint density at radius 3 is 2.57 bits per heavy atom. The smallest absolute Gasteiger partial charge is 0.160 e. The Labute approximate surface area is 138 Å². The molecule has 0 amide bonds. The van der Waals surface area contributed by atoms with Crippen molar-refractivity contribution >= 4 is 22.7 Å². The molecule has 2 N–H and O–H groups in total. The van der Waals surface area contributed by atoms with Crippen LogP contribution in [-0.4, -0.2) is 20.5 Å². The molecule has 3 heterocycles. The second-order valence-corrected chi connectivity index (χ2v) is 6.95. The summed E-state index contributed by atoms with van der Waals surface area (Å²) in [5.74, 6) is 1.78. The predicted molar refractivity (Wildman–Crippen MR) is 93.6 cm³/mol. The molecule has 0 spiro atoms. The number of aromatic nitrogens is 3. The number of aryl methyl sites for hydroxylation is 2. The zero-order valence-corrected chi connectivity index (χ0v) is 14.1. The van der Waals surface area contributed by atoms with Gasteiger partial charge < -0.3 is 5.73 Å². The maximum atomic E-state index is 5.83. The van der Waals surface area contributed by atoms with Crippen molar-refractivity contribution in [1.82, 2.24) is 14.8 Å². The van der Waals surface area contributed by atoms with Crippen LogP contribution in [-0.2, 0) is 6.54 Å². The molecule has 2 aromatic heterocycles. The van der Waals surface area contributed by atoms with Gasteiger partial charge in [-0.05, 0) is 38.5 Å². The lowest BCUT2D eigenvalue weighted by Crippen LogP contribution is -2.07. The van der Waals surface area contributed by atoms with Gasteiger partial charge in [-0.25, -0.2) is 0 Å². The molecule has 0 atom stereocenters. The lowest BCUT2D eigenvalue weighted by molar-refractivity contribution is 0.869. The summed E-state index contributed by atoms with van der Waals surface area (Å²) >= 11 is 1.77. The molecule has 1 aliphatic heterocycles. The van der Waals surface area contributed by atoms with Crippen molar-refractivity contribution in [2.45, 2.75) is 27.3 Å². The summed E-state index contributed by atoms with van der Waals surface area (Å²) in [5.41, 5.74) is 11.1. The van der Waals surface area contributed by atoms with Gasteiger partial charge in [-0.2, -0.15) is 0 Å². The van der Waals surface area contributed by atoms with E-state index in [2.05, 4.69) is 28.6 Å². The summed E-state index contributed by atoms with van der Waals surface area (Å²) in [6, 6.07) is 7.90. The molecule has 5 nitrogen and oxygen atoms in total. The van der Waals surface area contributed by atoms with E-state index in [9.17, 15) is 0 Å². The van der Waals surface area contributed by atoms with E-state index in [4.69, 9.17) is 10.7 Å². The van der Waals surface area contributed by atoms with Crippen molar-refractivity contribution in [3.63, 3.8) is 0 Å². The highest BCUT2D eigenvalue weighted by Crippen LogP contribution is 2.36. The van der Waals surface area contributed by atoms with Gasteiger partial charge in [0.15, 0.2) is 5.82 Å². The molecule has 0 bridgehead atoms. The van der Waals surface area contributed by atoms with E-state index >= 15 is 0 Å². The van der Waals surface area contributed by atoms with Crippen molar-refractivity contribution in [3.8, 4) is 5.00 Å². The van der Waals surface area contributed by atoms with Crippen LogP contribution in [0.1, 0.15) is 33.2 Å². The first kappa shape index (κ1) is 14.1. The lowest BCUT2D eigenvalue weighted by atomic mass is 10.00. The average Bonchev–Trinajstić information content (AvgIpc) is 2.97. The van der Waals surface area contributed by atoms with E-state index < -0.39 is 0 Å². The third-order valence-corrected chi connectivity index (χ3v) is 5.45. The summed E-state index contributed by atoms with van der Waals surface area (Å²) in [6.07, 6.45) is 0. The molecule has 3 aromatic rings. The molecule has 0 fully saturated rings. The lowest BCUT2D eigenvalue weighted by Gasteiger charge is -2.09. The number of hydrogen-bond donors (Lipinski definition) is 1. The molecular formula is C17H17N5S. The number of benzene rings is 1. The van der Waals surface area contributed by atoms with Crippen LogP contribution in [0.15, 0.2) is 29.3 Å². The molecule has 23 heavy (non-hydrogen) atoms. The monoisotopic (exact) mass is 323 g/mol. The minimum atomic E-state index is 0.528. The standard InChI is InChI=1S/C17H17N5S/c1-9-10(2)23-17-15(9)16(12-4-6-13(18)7-5-12)19-8-14-21-20-11(3)22(14)17/h4-7H,8,18H2,1-3H3. The van der Waals surface area contributed by atoms with Gasteiger partial charge >= 0.3 is 0 Å². The first-order valence-corrected chi connectivity index (χ1v) is 8.30. The number of aliphatic imine (C=N–C) groups is 1. The second-order valence-electron chi connectivity index (χ2n) is 5.75. The topological polar surface area (TPSA) is 69.1 Å². The number of hydrogen-bond acceptors (Lipinski definition) is 5. The number of nitrogen functional groups attached to an aromatic ring is 1. The molecule has 116 valence electrons. The Kier molecular flexibility index (Phi) is 3.09. The molecule has 0 saturated carbocycles. The summed E-state index contributed by atoms with van der Waals surface area (Å²) in [6.45, 7) is 6.82. The first-order chi connectivity index (χ1) is 11.1. The minimum absolute atomic E-state index is 0.528. The van der Waals surface area contributed by atoms with Gasteiger partial charge in [-0.15, -0.1) is 21.5 Å². The molecular weight excluding hydrogens is 306 g/mol. The van der Waals surface area contributed by atoms with E-state index in [1.807, 2.05) is 31.2 Å². The molecule has 1 aliphatic rings. The van der Waals surface area contributed by atoms with Gasteiger partial charge in [-0.1, -0.05) is 12.1 Å². The number of nitrogens with two attached hydrogens (primary N) is 1. The maximum absolute atomic E-state index is 5.83. The van der Waals surface area contributed by atoms with Crippen molar-refractivity contribution in [1.29, 1.82) is 0 Å². The van der Waals surface area contributed by atoms with Crippen LogP contribution < -0.4 is 5.73 Å². The van der Waals surface area contributed by atoms with Crippen LogP contribution in [0.2, 0.25) is 0 Å². The molecule has 4 rings (SSSR count). The van der Waals surface area contributed by atoms with Gasteiger partial charge in [0, 0.05) is 21.7 Å². The quantitative estimate of drug-likeness (QED) is 0.699. The van der Waals surface area contributed by atoms with Crippen molar-refractivity contribution in [2.24, 2.45) is 4.99 Å². The molecule has 0 radical (unpaired) electrons. The van der Waals surface area contributed by atoms with E-state index in [1.54, 1.807) is 11.3 Å². The van der Waals surface area contributed by atoms with Crippen LogP contribution in [0.3, 0.4) is 0 Å². The van der Waals surface area contributed by atoms with Gasteiger partial charge in [0.1, 0.15) is 17.4 Å². The Hall–Kier alpha value is -2.47. The van der Waals surface area contributed by atoms with E-state index in [-0.39, 0.29) is 0 Å². The first-order valence-electron chi connectivity index (χ1n) is 7.48. The van der Waals surface area contributed by atoms with Gasteiger partial charge in [0.2, 0.25) is 0 Å². The van der Waals surface area contributed by atoms with Gasteiger partial charge in [0.05, 0.1) is 5.71 Å². The van der Waals surface area contributed by atoms with Gasteiger partial charge in [-0.3, -0.25) is 9.56 Å². The van der Waals surface area contributed by atoms with E-state index in [1.165, 1.54) is 16.0 Å². The Balaban J connectivity index is 2.00. The summed E-state index contributed by atoms with van der Waals surface area (Å²) < 4.78 is 2.13. The second kappa shape index (κ2) is 5.03. The Morgan fingerprint density at radius 1 is 1.09 bits per heavy atom. The predicted octanol–water partition coefficient (Wildman–Crippen LogP) is 3.19. The molecule has 6 heteroatoms. The van der Waals surface area contributed by atoms with E-state index in [0.717, 1.165) is 33.6 Å². The third-order valence-electron chi connectivity index (χ3n) is 4.26. The van der Waals surface area contributed by atoms with Crippen molar-refractivity contribution in [3.05, 3.63) is 57.5 Å². The number of anilines is 1. The number of thiophene rings is 1. The van der Waals surface area contributed by atoms with Crippen molar-refractivity contribution in [2.75, 3.05) is 5.73 Å². The maximum Gasteiger partial charge on any atom is 0.160 e. The fourth-order valence-corrected chi connectivity index (χ4v) is 4.15. The molecule has 1 aromatic carbocycles. The molecule has 0 saturated heterocycles. The highest BCUT2D eigenvalue weighted by atomic mass is 32.1. The third kappa shape index (κ3) is 2.09. The summed E-state index contributed by atoms with van der Waals surface area (Å²) in [7, 11) is 0. The summed E-state index contributed by atoms with van der Waals surface area (Å²) in [5, 5.41) is 9.67. The fourth-order valence-electron chi connectivity index (χ4n) is 2.92. The summed E-state index contributed by atoms with van der Waals surface area (Å²) in [4.78, 5) is 6.14. The van der Waals surface area contributed by atoms with E-state index in [0.29, 0.717) is 6.54 Å². The Bertz CT molecular complexity index is 931. The van der Waals surface area contributed by atoms with Gasteiger partial charge in [0.25, 0.3) is 0 Å². The van der Waals surface area contributed by atoms with Crippen molar-refractivity contribution < 1.29 is 0 Å². The van der Waals surface area contributed by atoms with Crippen LogP contribution in [0.4, 0.5) is 5.69 Å². The van der Waals surface area contributed by atoms with Crippen LogP contribution in [0.25, 0.3) is 5.00 Å². The normalized spacial score (nSPS) is 13.3. The SMILES string of the molecule is Cc1sc2c(c1C)C(c1ccc(N)cc1)=NCc1nnc(C)n1-2. The number of fused-ring (bicyclic) bond motifs is 3. The minimum Gasteiger partial charge on any atom is -0.399 e. The zero-order valence-electron chi connectivity index (χ0n) is 13.3. The highest BCUT2D eigenvalue weighted by Gasteiger charge is 2.26. The zero-order chi connectivity index (χ0) is 16.1. The molecule has 0 aliphatic carbocycles. The average molecular weight is 323 g/mol. The number of nitrogens with zero attached hydrogens (tertiary/aromatic N) is 4. The van der Waals surface area contributed by atoms with Crippen LogP contribution >= 0.6 is 11.3 Å². The fraction of sp³-hybridized carbons (Fsp3) is 0.235. The molecule has 0 unspecified atom stereocenters. The Morgan fingerprint density at radius 2 is 1.83 bits per heavy atom. The highest BCUT2D eigenvalue weighted by molar-refractivity contribution is 7.15. The largest absolute Gasteiger partial charge is 0.399 e. The van der Waals surface area contributed by atoms with Crippen LogP contribution in [0.5, 0.6) is 0 Å². The number of rotatable bonds is 1. The van der Waals surface area contributed by atoms with Crippen LogP contribution in [0, 0.1) is 20.8 Å².